The number of phenolic OH excluding ortho intramolecular Hbond substituents is 1. The number of esters is 1. The Kier molecular flexibility index (Phi) is 10.6. The number of hydrogen-bond donors (Lipinski definition) is 2. The van der Waals surface area contributed by atoms with Gasteiger partial charge in [-0.05, 0) is 92.4 Å². The Hall–Kier alpha value is -4.32. The van der Waals surface area contributed by atoms with Crippen LogP contribution in [-0.4, -0.2) is 59.8 Å². The number of fused-ring (bicyclic) bond motifs is 2. The number of ether oxygens (including phenoxy) is 1. The van der Waals surface area contributed by atoms with E-state index in [1.165, 1.54) is 19.2 Å². The number of aliphatic hydroxyl groups is 1. The van der Waals surface area contributed by atoms with Gasteiger partial charge in [-0.1, -0.05) is 23.7 Å². The number of carbonyl (C=O) groups excluding carboxylic acids is 1. The van der Waals surface area contributed by atoms with Gasteiger partial charge in [0.25, 0.3) is 0 Å². The fourth-order valence-electron chi connectivity index (χ4n) is 6.93. The van der Waals surface area contributed by atoms with Crippen molar-refractivity contribution in [1.29, 1.82) is 0 Å². The topological polar surface area (TPSA) is 107 Å². The first-order valence-corrected chi connectivity index (χ1v) is 18.1. The predicted octanol–water partition coefficient (Wildman–Crippen LogP) is 7.47. The van der Waals surface area contributed by atoms with Gasteiger partial charge in [0.15, 0.2) is 0 Å². The second-order valence-electron chi connectivity index (χ2n) is 12.6. The van der Waals surface area contributed by atoms with Crippen molar-refractivity contribution < 1.29 is 24.1 Å². The van der Waals surface area contributed by atoms with Crippen LogP contribution in [0.5, 0.6) is 5.75 Å². The number of aryl methyl sites for hydroxylation is 7. The molecule has 0 fully saturated rings. The summed E-state index contributed by atoms with van der Waals surface area (Å²) in [7, 11) is 5.22. The molecule has 0 saturated carbocycles. The van der Waals surface area contributed by atoms with Crippen LogP contribution < -0.4 is 0 Å². The van der Waals surface area contributed by atoms with Gasteiger partial charge in [0, 0.05) is 72.0 Å². The summed E-state index contributed by atoms with van der Waals surface area (Å²) in [5, 5.41) is 32.4. The van der Waals surface area contributed by atoms with Crippen LogP contribution in [-0.2, 0) is 50.4 Å². The van der Waals surface area contributed by atoms with Gasteiger partial charge >= 0.3 is 5.97 Å². The molecule has 0 unspecified atom stereocenters. The van der Waals surface area contributed by atoms with Gasteiger partial charge in [-0.25, -0.2) is 9.18 Å². The number of aromatic hydroxyl groups is 1. The fraction of sp³-hybridized carbons (Fsp3) is 0.342. The zero-order valence-electron chi connectivity index (χ0n) is 28.9. The Labute approximate surface area is 299 Å². The maximum absolute atomic E-state index is 13.8. The number of halogens is 2. The van der Waals surface area contributed by atoms with Crippen LogP contribution in [0.4, 0.5) is 4.39 Å². The van der Waals surface area contributed by atoms with E-state index < -0.39 is 5.97 Å². The number of nitrogens with zero attached hydrogens (tertiary/aromatic N) is 5. The summed E-state index contributed by atoms with van der Waals surface area (Å²) < 4.78 is 24.9. The lowest BCUT2D eigenvalue weighted by molar-refractivity contribution is 0.0587. The molecule has 262 valence electrons. The van der Waals surface area contributed by atoms with E-state index in [9.17, 15) is 19.4 Å². The van der Waals surface area contributed by atoms with E-state index in [2.05, 4.69) is 11.2 Å². The van der Waals surface area contributed by atoms with Crippen LogP contribution in [0.2, 0.25) is 5.02 Å². The molecule has 0 amide bonds. The molecule has 0 atom stereocenters. The second-order valence-corrected chi connectivity index (χ2v) is 14.1. The maximum Gasteiger partial charge on any atom is 0.354 e. The molecule has 0 radical (unpaired) electrons. The monoisotopic (exact) mass is 717 g/mol. The van der Waals surface area contributed by atoms with Crippen molar-refractivity contribution >= 4 is 51.0 Å². The van der Waals surface area contributed by atoms with Crippen LogP contribution in [0.1, 0.15) is 50.8 Å². The third kappa shape index (κ3) is 6.86. The first kappa shape index (κ1) is 35.5. The lowest BCUT2D eigenvalue weighted by Crippen LogP contribution is -2.14. The minimum atomic E-state index is -0.430. The minimum Gasteiger partial charge on any atom is -0.507 e. The zero-order chi connectivity index (χ0) is 35.7. The molecule has 50 heavy (non-hydrogen) atoms. The average Bonchev–Trinajstić information content (AvgIpc) is 3.69. The molecule has 6 aromatic rings. The van der Waals surface area contributed by atoms with Crippen molar-refractivity contribution in [2.75, 3.05) is 19.5 Å². The van der Waals surface area contributed by atoms with Gasteiger partial charge in [0.1, 0.15) is 17.3 Å². The lowest BCUT2D eigenvalue weighted by atomic mass is 9.98. The fourth-order valence-corrected chi connectivity index (χ4v) is 7.99. The third-order valence-electron chi connectivity index (χ3n) is 9.36. The molecule has 0 aliphatic heterocycles. The summed E-state index contributed by atoms with van der Waals surface area (Å²) >= 11 is 8.67. The highest BCUT2D eigenvalue weighted by Gasteiger charge is 2.28. The van der Waals surface area contributed by atoms with Crippen molar-refractivity contribution in [3.63, 3.8) is 0 Å². The van der Waals surface area contributed by atoms with E-state index in [1.807, 2.05) is 60.1 Å². The van der Waals surface area contributed by atoms with Crippen molar-refractivity contribution in [3.8, 4) is 16.9 Å². The van der Waals surface area contributed by atoms with Gasteiger partial charge in [0.2, 0.25) is 0 Å². The van der Waals surface area contributed by atoms with E-state index in [-0.39, 0.29) is 18.2 Å². The molecule has 0 saturated heterocycles. The summed E-state index contributed by atoms with van der Waals surface area (Å²) in [4.78, 5) is 13.4. The average molecular weight is 718 g/mol. The Morgan fingerprint density at radius 3 is 2.48 bits per heavy atom. The van der Waals surface area contributed by atoms with Crippen LogP contribution in [0, 0.1) is 19.7 Å². The van der Waals surface area contributed by atoms with Gasteiger partial charge in [-0.2, -0.15) is 22.0 Å². The lowest BCUT2D eigenvalue weighted by Gasteiger charge is -2.14. The Morgan fingerprint density at radius 1 is 0.980 bits per heavy atom. The van der Waals surface area contributed by atoms with Crippen LogP contribution in [0.15, 0.2) is 48.5 Å². The number of thioether (sulfide) groups is 1. The normalized spacial score (nSPS) is 11.7. The largest absolute Gasteiger partial charge is 0.507 e. The molecule has 0 spiro atoms. The van der Waals surface area contributed by atoms with E-state index >= 15 is 0 Å². The molecule has 0 bridgehead atoms. The molecule has 3 heterocycles. The van der Waals surface area contributed by atoms with Crippen LogP contribution in [0.3, 0.4) is 0 Å². The van der Waals surface area contributed by atoms with Crippen molar-refractivity contribution in [2.24, 2.45) is 14.1 Å². The Morgan fingerprint density at radius 2 is 1.76 bits per heavy atom. The number of carbonyl (C=O) groups is 1. The molecule has 12 heteroatoms. The molecular formula is C38H41ClFN5O4S. The Balaban J connectivity index is 1.24. The number of methoxy groups -OCH3 is 1. The highest BCUT2D eigenvalue weighted by Crippen LogP contribution is 2.42. The van der Waals surface area contributed by atoms with Gasteiger partial charge < -0.3 is 19.5 Å². The van der Waals surface area contributed by atoms with E-state index in [0.29, 0.717) is 65.2 Å². The molecule has 0 aliphatic rings. The van der Waals surface area contributed by atoms with Crippen LogP contribution >= 0.6 is 23.4 Å². The summed E-state index contributed by atoms with van der Waals surface area (Å²) in [5.41, 5.74) is 8.66. The maximum atomic E-state index is 13.8. The molecule has 2 N–H and O–H groups in total. The number of aromatic nitrogens is 5. The van der Waals surface area contributed by atoms with E-state index in [1.54, 1.807) is 23.9 Å². The zero-order valence-corrected chi connectivity index (χ0v) is 30.5. The number of rotatable bonds is 13. The van der Waals surface area contributed by atoms with Gasteiger partial charge in [-0.15, -0.1) is 0 Å². The van der Waals surface area contributed by atoms with Crippen LogP contribution in [0.25, 0.3) is 32.8 Å². The van der Waals surface area contributed by atoms with Gasteiger partial charge in [-0.3, -0.25) is 9.36 Å². The van der Waals surface area contributed by atoms with Crippen molar-refractivity contribution in [1.82, 2.24) is 24.1 Å². The second kappa shape index (κ2) is 14.9. The number of aliphatic hydroxyl groups excluding tert-OH is 1. The first-order chi connectivity index (χ1) is 24.0. The summed E-state index contributed by atoms with van der Waals surface area (Å²) in [5.74, 6) is 0.733. The summed E-state index contributed by atoms with van der Waals surface area (Å²) in [6.45, 7) is 4.49. The molecule has 3 aromatic heterocycles. The van der Waals surface area contributed by atoms with E-state index in [0.717, 1.165) is 55.9 Å². The molecule has 9 nitrogen and oxygen atoms in total. The highest BCUT2D eigenvalue weighted by molar-refractivity contribution is 7.98. The molecule has 3 aromatic carbocycles. The number of benzene rings is 3. The SMILES string of the molecule is COC(=O)c1c(CCCO)c2ccc(Cl)c(-c3c(C)nn(C)c3C)c2n1CCSCc1cc(CCc2cc(O)c3ccc(F)cc3c2)n(C)n1. The van der Waals surface area contributed by atoms with Gasteiger partial charge in [0.05, 0.1) is 29.0 Å². The smallest absolute Gasteiger partial charge is 0.354 e. The van der Waals surface area contributed by atoms with E-state index in [4.69, 9.17) is 21.4 Å². The number of phenols is 1. The molecular weight excluding hydrogens is 677 g/mol. The quantitative estimate of drug-likeness (QED) is 0.0943. The number of hydrogen-bond acceptors (Lipinski definition) is 7. The highest BCUT2D eigenvalue weighted by atomic mass is 35.5. The summed E-state index contributed by atoms with van der Waals surface area (Å²) in [6, 6.07) is 14.0. The molecule has 0 aliphatic carbocycles. The van der Waals surface area contributed by atoms with Crippen molar-refractivity contribution in [2.45, 2.75) is 51.8 Å². The summed E-state index contributed by atoms with van der Waals surface area (Å²) in [6.07, 6.45) is 2.39. The first-order valence-electron chi connectivity index (χ1n) is 16.6. The standard InChI is InChI=1S/C38H41ClFN5O4S/c1-22-34(23(2)43(3)41-22)35-32(39)13-12-31-30(7-6-15-46)37(38(48)49-5)45(36(31)35)14-16-50-21-27-20-28(44(4)42-27)10-8-24-17-25-19-26(40)9-11-29(25)33(47)18-24/h9,11-13,17-20,46-47H,6-8,10,14-16,21H2,1-5H3. The van der Waals surface area contributed by atoms with Crippen molar-refractivity contribution in [3.05, 3.63) is 99.0 Å². The predicted molar refractivity (Wildman–Crippen MR) is 198 cm³/mol. The third-order valence-corrected chi connectivity index (χ3v) is 10.6. The molecule has 6 rings (SSSR count). The minimum absolute atomic E-state index is 0.00117. The Bertz CT molecular complexity index is 2220.